The molecule has 0 aliphatic rings. The van der Waals surface area contributed by atoms with Gasteiger partial charge in [-0.1, -0.05) is 60.7 Å². The summed E-state index contributed by atoms with van der Waals surface area (Å²) >= 11 is 0. The van der Waals surface area contributed by atoms with Crippen molar-refractivity contribution in [2.75, 3.05) is 18.9 Å². The number of nitrogens with one attached hydrogen (secondary N) is 2. The summed E-state index contributed by atoms with van der Waals surface area (Å²) in [5.41, 5.74) is 1.63. The van der Waals surface area contributed by atoms with Gasteiger partial charge >= 0.3 is 6.03 Å². The van der Waals surface area contributed by atoms with E-state index in [2.05, 4.69) is 10.6 Å². The minimum Gasteiger partial charge on any atom is -0.455 e. The van der Waals surface area contributed by atoms with Crippen LogP contribution >= 0.6 is 0 Å². The summed E-state index contributed by atoms with van der Waals surface area (Å²) in [6.45, 7) is 0.745. The Balaban J connectivity index is 1.46. The zero-order chi connectivity index (χ0) is 21.2. The fourth-order valence-electron chi connectivity index (χ4n) is 2.83. The van der Waals surface area contributed by atoms with Gasteiger partial charge in [0.2, 0.25) is 5.91 Å². The summed E-state index contributed by atoms with van der Waals surface area (Å²) in [5, 5.41) is 5.61. The molecular formula is C24H25N3O3. The Morgan fingerprint density at radius 2 is 1.50 bits per heavy atom. The van der Waals surface area contributed by atoms with Gasteiger partial charge in [-0.15, -0.1) is 0 Å². The van der Waals surface area contributed by atoms with Gasteiger partial charge in [-0.05, 0) is 29.8 Å². The number of ether oxygens (including phenoxy) is 1. The first-order chi connectivity index (χ1) is 14.6. The highest BCUT2D eigenvalue weighted by Crippen LogP contribution is 2.29. The molecular weight excluding hydrogens is 378 g/mol. The third-order valence-corrected chi connectivity index (χ3v) is 4.37. The van der Waals surface area contributed by atoms with Gasteiger partial charge in [-0.2, -0.15) is 0 Å². The highest BCUT2D eigenvalue weighted by atomic mass is 16.5. The molecule has 0 radical (unpaired) electrons. The number of rotatable bonds is 8. The Morgan fingerprint density at radius 1 is 0.867 bits per heavy atom. The molecule has 0 bridgehead atoms. The molecule has 3 aromatic carbocycles. The number of urea groups is 1. The summed E-state index contributed by atoms with van der Waals surface area (Å²) in [5.74, 6) is 1.04. The molecule has 0 heterocycles. The number of carbonyl (C=O) groups is 2. The molecule has 0 spiro atoms. The van der Waals surface area contributed by atoms with Crippen LogP contribution in [0.1, 0.15) is 12.0 Å². The molecule has 0 aliphatic carbocycles. The SMILES string of the molecule is CN(Cc1ccccc1)C(=O)NCCC(=O)Nc1ccccc1Oc1ccccc1. The van der Waals surface area contributed by atoms with Crippen LogP contribution in [0.25, 0.3) is 0 Å². The van der Waals surface area contributed by atoms with E-state index in [9.17, 15) is 9.59 Å². The molecule has 0 aromatic heterocycles. The summed E-state index contributed by atoms with van der Waals surface area (Å²) in [4.78, 5) is 26.1. The molecule has 2 N–H and O–H groups in total. The third kappa shape index (κ3) is 6.38. The van der Waals surface area contributed by atoms with E-state index in [-0.39, 0.29) is 24.9 Å². The van der Waals surface area contributed by atoms with Gasteiger partial charge in [0.15, 0.2) is 5.75 Å². The average Bonchev–Trinajstić information content (AvgIpc) is 2.76. The second-order valence-corrected chi connectivity index (χ2v) is 6.78. The first kappa shape index (κ1) is 20.9. The van der Waals surface area contributed by atoms with E-state index in [1.54, 1.807) is 24.1 Å². The summed E-state index contributed by atoms with van der Waals surface area (Å²) in [7, 11) is 1.72. The quantitative estimate of drug-likeness (QED) is 0.575. The molecule has 0 saturated carbocycles. The Hall–Kier alpha value is -3.80. The summed E-state index contributed by atoms with van der Waals surface area (Å²) in [6.07, 6.45) is 0.157. The fraction of sp³-hybridized carbons (Fsp3) is 0.167. The molecule has 3 rings (SSSR count). The lowest BCUT2D eigenvalue weighted by molar-refractivity contribution is -0.116. The molecule has 0 saturated heterocycles. The van der Waals surface area contributed by atoms with Crippen molar-refractivity contribution in [1.29, 1.82) is 0 Å². The van der Waals surface area contributed by atoms with Crippen LogP contribution in [-0.2, 0) is 11.3 Å². The molecule has 6 heteroatoms. The lowest BCUT2D eigenvalue weighted by Gasteiger charge is -2.18. The maximum absolute atomic E-state index is 12.3. The van der Waals surface area contributed by atoms with Crippen LogP contribution in [0.3, 0.4) is 0 Å². The van der Waals surface area contributed by atoms with Crippen molar-refractivity contribution in [3.05, 3.63) is 90.5 Å². The van der Waals surface area contributed by atoms with Crippen molar-refractivity contribution in [3.8, 4) is 11.5 Å². The number of para-hydroxylation sites is 3. The molecule has 0 aliphatic heterocycles. The van der Waals surface area contributed by atoms with Crippen molar-refractivity contribution in [1.82, 2.24) is 10.2 Å². The molecule has 6 nitrogen and oxygen atoms in total. The molecule has 0 fully saturated rings. The van der Waals surface area contributed by atoms with Gasteiger partial charge in [-0.25, -0.2) is 4.79 Å². The minimum atomic E-state index is -0.223. The zero-order valence-corrected chi connectivity index (χ0v) is 16.9. The van der Waals surface area contributed by atoms with E-state index < -0.39 is 0 Å². The second-order valence-electron chi connectivity index (χ2n) is 6.78. The number of hydrogen-bond donors (Lipinski definition) is 2. The first-order valence-electron chi connectivity index (χ1n) is 9.76. The number of nitrogens with zero attached hydrogens (tertiary/aromatic N) is 1. The average molecular weight is 403 g/mol. The van der Waals surface area contributed by atoms with Crippen LogP contribution in [0.4, 0.5) is 10.5 Å². The molecule has 3 amide bonds. The topological polar surface area (TPSA) is 70.7 Å². The zero-order valence-electron chi connectivity index (χ0n) is 16.9. The van der Waals surface area contributed by atoms with E-state index in [4.69, 9.17) is 4.74 Å². The van der Waals surface area contributed by atoms with Crippen LogP contribution in [0.2, 0.25) is 0 Å². The van der Waals surface area contributed by atoms with Gasteiger partial charge in [0.25, 0.3) is 0 Å². The largest absolute Gasteiger partial charge is 0.455 e. The number of amides is 3. The van der Waals surface area contributed by atoms with E-state index in [1.165, 1.54) is 0 Å². The highest BCUT2D eigenvalue weighted by Gasteiger charge is 2.11. The molecule has 0 unspecified atom stereocenters. The van der Waals surface area contributed by atoms with Crippen LogP contribution < -0.4 is 15.4 Å². The van der Waals surface area contributed by atoms with Crippen LogP contribution in [0, 0.1) is 0 Å². The number of hydrogen-bond acceptors (Lipinski definition) is 3. The van der Waals surface area contributed by atoms with E-state index in [1.807, 2.05) is 72.8 Å². The number of carbonyl (C=O) groups excluding carboxylic acids is 2. The molecule has 0 atom stereocenters. The van der Waals surface area contributed by atoms with E-state index >= 15 is 0 Å². The van der Waals surface area contributed by atoms with Crippen LogP contribution in [0.5, 0.6) is 11.5 Å². The summed E-state index contributed by atoms with van der Waals surface area (Å²) < 4.78 is 5.85. The van der Waals surface area contributed by atoms with Gasteiger partial charge in [0.05, 0.1) is 5.69 Å². The number of anilines is 1. The highest BCUT2D eigenvalue weighted by molar-refractivity contribution is 5.92. The van der Waals surface area contributed by atoms with Crippen molar-refractivity contribution in [3.63, 3.8) is 0 Å². The van der Waals surface area contributed by atoms with Crippen LogP contribution in [0.15, 0.2) is 84.9 Å². The fourth-order valence-corrected chi connectivity index (χ4v) is 2.83. The third-order valence-electron chi connectivity index (χ3n) is 4.37. The van der Waals surface area contributed by atoms with Crippen molar-refractivity contribution < 1.29 is 14.3 Å². The van der Waals surface area contributed by atoms with Crippen molar-refractivity contribution >= 4 is 17.6 Å². The van der Waals surface area contributed by atoms with Gasteiger partial charge in [-0.3, -0.25) is 4.79 Å². The minimum absolute atomic E-state index is 0.157. The Bertz CT molecular complexity index is 962. The first-order valence-corrected chi connectivity index (χ1v) is 9.76. The standard InChI is InChI=1S/C24H25N3O3/c1-27(18-19-10-4-2-5-11-19)24(29)25-17-16-23(28)26-21-14-8-9-15-22(21)30-20-12-6-3-7-13-20/h2-15H,16-18H2,1H3,(H,25,29)(H,26,28). The summed E-state index contributed by atoms with van der Waals surface area (Å²) in [6, 6.07) is 26.1. The normalized spacial score (nSPS) is 10.2. The van der Waals surface area contributed by atoms with E-state index in [0.29, 0.717) is 23.7 Å². The maximum Gasteiger partial charge on any atom is 0.317 e. The van der Waals surface area contributed by atoms with Crippen molar-refractivity contribution in [2.45, 2.75) is 13.0 Å². The maximum atomic E-state index is 12.3. The lowest BCUT2D eigenvalue weighted by Crippen LogP contribution is -2.38. The Labute approximate surface area is 176 Å². The molecule has 3 aromatic rings. The van der Waals surface area contributed by atoms with Crippen molar-refractivity contribution in [2.24, 2.45) is 0 Å². The van der Waals surface area contributed by atoms with Gasteiger partial charge < -0.3 is 20.3 Å². The predicted octanol–water partition coefficient (Wildman–Crippen LogP) is 4.65. The second kappa shape index (κ2) is 10.7. The van der Waals surface area contributed by atoms with Gasteiger partial charge in [0.1, 0.15) is 5.75 Å². The Morgan fingerprint density at radius 3 is 2.23 bits per heavy atom. The van der Waals surface area contributed by atoms with Crippen LogP contribution in [-0.4, -0.2) is 30.4 Å². The molecule has 30 heavy (non-hydrogen) atoms. The smallest absolute Gasteiger partial charge is 0.317 e. The predicted molar refractivity (Wildman–Crippen MR) is 118 cm³/mol. The number of benzene rings is 3. The lowest BCUT2D eigenvalue weighted by atomic mass is 10.2. The molecule has 154 valence electrons. The van der Waals surface area contributed by atoms with E-state index in [0.717, 1.165) is 5.56 Å². The van der Waals surface area contributed by atoms with Gasteiger partial charge in [0, 0.05) is 26.6 Å². The monoisotopic (exact) mass is 403 g/mol. The Kier molecular flexibility index (Phi) is 7.44.